The van der Waals surface area contributed by atoms with Gasteiger partial charge in [-0.3, -0.25) is 4.79 Å². The van der Waals surface area contributed by atoms with Crippen LogP contribution in [0.3, 0.4) is 0 Å². The van der Waals surface area contributed by atoms with Crippen LogP contribution in [0.4, 0.5) is 0 Å². The summed E-state index contributed by atoms with van der Waals surface area (Å²) in [6.45, 7) is 3.86. The number of carboxylic acids is 1. The van der Waals surface area contributed by atoms with Crippen LogP contribution in [-0.2, 0) is 11.2 Å². The predicted octanol–water partition coefficient (Wildman–Crippen LogP) is 1.69. The highest BCUT2D eigenvalue weighted by atomic mass is 16.5. The molecule has 1 aromatic rings. The van der Waals surface area contributed by atoms with Crippen LogP contribution < -0.4 is 15.2 Å². The Balaban J connectivity index is 2.86. The van der Waals surface area contributed by atoms with Gasteiger partial charge in [-0.2, -0.15) is 0 Å². The van der Waals surface area contributed by atoms with E-state index in [1.807, 2.05) is 12.1 Å². The van der Waals surface area contributed by atoms with Gasteiger partial charge in [0.05, 0.1) is 12.5 Å². The Morgan fingerprint density at radius 2 is 2.05 bits per heavy atom. The molecule has 0 aliphatic rings. The third-order valence-electron chi connectivity index (χ3n) is 2.83. The molecule has 0 atom stereocenters. The Labute approximate surface area is 113 Å². The topological polar surface area (TPSA) is 81.8 Å². The van der Waals surface area contributed by atoms with Crippen molar-refractivity contribution in [3.05, 3.63) is 23.8 Å². The summed E-state index contributed by atoms with van der Waals surface area (Å²) in [7, 11) is 1.55. The first-order valence-electron chi connectivity index (χ1n) is 6.14. The molecule has 1 rings (SSSR count). The quantitative estimate of drug-likeness (QED) is 0.785. The van der Waals surface area contributed by atoms with Gasteiger partial charge in [-0.1, -0.05) is 6.07 Å². The maximum Gasteiger partial charge on any atom is 0.312 e. The van der Waals surface area contributed by atoms with Gasteiger partial charge in [0, 0.05) is 0 Å². The van der Waals surface area contributed by atoms with E-state index in [1.165, 1.54) is 0 Å². The van der Waals surface area contributed by atoms with E-state index in [-0.39, 0.29) is 6.61 Å². The van der Waals surface area contributed by atoms with Crippen LogP contribution in [0.5, 0.6) is 11.5 Å². The second-order valence-corrected chi connectivity index (χ2v) is 5.00. The summed E-state index contributed by atoms with van der Waals surface area (Å²) in [5.74, 6) is 0.231. The Morgan fingerprint density at radius 3 is 2.58 bits per heavy atom. The molecule has 0 radical (unpaired) electrons. The molecule has 0 fully saturated rings. The molecule has 0 amide bonds. The van der Waals surface area contributed by atoms with E-state index in [9.17, 15) is 4.79 Å². The van der Waals surface area contributed by atoms with E-state index < -0.39 is 11.4 Å². The van der Waals surface area contributed by atoms with E-state index in [1.54, 1.807) is 27.0 Å². The number of hydrogen-bond donors (Lipinski definition) is 2. The highest BCUT2D eigenvalue weighted by Gasteiger charge is 2.28. The third kappa shape index (κ3) is 4.13. The fraction of sp³-hybridized carbons (Fsp3) is 0.500. The highest BCUT2D eigenvalue weighted by molar-refractivity contribution is 5.73. The minimum Gasteiger partial charge on any atom is -0.493 e. The second-order valence-electron chi connectivity index (χ2n) is 5.00. The summed E-state index contributed by atoms with van der Waals surface area (Å²) >= 11 is 0. The first-order valence-corrected chi connectivity index (χ1v) is 6.14. The smallest absolute Gasteiger partial charge is 0.312 e. The highest BCUT2D eigenvalue weighted by Crippen LogP contribution is 2.30. The molecule has 0 aliphatic heterocycles. The zero-order chi connectivity index (χ0) is 14.5. The molecule has 0 saturated carbocycles. The summed E-state index contributed by atoms with van der Waals surface area (Å²) in [6, 6.07) is 5.55. The van der Waals surface area contributed by atoms with Gasteiger partial charge >= 0.3 is 5.97 Å². The number of rotatable bonds is 7. The van der Waals surface area contributed by atoms with E-state index in [0.717, 1.165) is 12.0 Å². The number of hydrogen-bond acceptors (Lipinski definition) is 4. The molecule has 0 heterocycles. The molecule has 5 heteroatoms. The maximum atomic E-state index is 11.0. The van der Waals surface area contributed by atoms with Crippen molar-refractivity contribution in [2.75, 3.05) is 20.3 Å². The lowest BCUT2D eigenvalue weighted by atomic mass is 9.95. The van der Waals surface area contributed by atoms with Gasteiger partial charge in [0.25, 0.3) is 0 Å². The Hall–Kier alpha value is -1.75. The van der Waals surface area contributed by atoms with Crippen LogP contribution in [-0.4, -0.2) is 31.3 Å². The molecule has 0 bridgehead atoms. The molecule has 0 aromatic heterocycles. The van der Waals surface area contributed by atoms with E-state index in [0.29, 0.717) is 18.0 Å². The monoisotopic (exact) mass is 267 g/mol. The molecule has 0 aliphatic carbocycles. The van der Waals surface area contributed by atoms with Crippen molar-refractivity contribution in [3.63, 3.8) is 0 Å². The Bertz CT molecular complexity index is 443. The normalized spacial score (nSPS) is 11.2. The zero-order valence-corrected chi connectivity index (χ0v) is 11.6. The fourth-order valence-corrected chi connectivity index (χ4v) is 1.48. The van der Waals surface area contributed by atoms with Crippen LogP contribution in [0.25, 0.3) is 0 Å². The number of aliphatic carboxylic acids is 1. The second kappa shape index (κ2) is 6.43. The summed E-state index contributed by atoms with van der Waals surface area (Å²) in [5, 5.41) is 9.06. The van der Waals surface area contributed by atoms with Crippen LogP contribution in [0.2, 0.25) is 0 Å². The van der Waals surface area contributed by atoms with Crippen LogP contribution >= 0.6 is 0 Å². The van der Waals surface area contributed by atoms with Crippen molar-refractivity contribution in [1.29, 1.82) is 0 Å². The van der Waals surface area contributed by atoms with E-state index in [2.05, 4.69) is 0 Å². The molecular formula is C14H21NO4. The van der Waals surface area contributed by atoms with Gasteiger partial charge in [-0.15, -0.1) is 0 Å². The average molecular weight is 267 g/mol. The molecule has 0 saturated heterocycles. The van der Waals surface area contributed by atoms with Crippen molar-refractivity contribution in [1.82, 2.24) is 0 Å². The number of carbonyl (C=O) groups is 1. The number of carboxylic acid groups (broad SMARTS) is 1. The number of nitrogens with two attached hydrogens (primary N) is 1. The molecule has 3 N–H and O–H groups in total. The average Bonchev–Trinajstić information content (AvgIpc) is 2.37. The van der Waals surface area contributed by atoms with E-state index in [4.69, 9.17) is 20.3 Å². The maximum absolute atomic E-state index is 11.0. The van der Waals surface area contributed by atoms with Gasteiger partial charge in [0.2, 0.25) is 0 Å². The van der Waals surface area contributed by atoms with Crippen molar-refractivity contribution in [2.24, 2.45) is 11.1 Å². The first kappa shape index (κ1) is 15.3. The lowest BCUT2D eigenvalue weighted by Gasteiger charge is -2.20. The van der Waals surface area contributed by atoms with Gasteiger partial charge in [0.15, 0.2) is 11.5 Å². The first-order chi connectivity index (χ1) is 8.90. The molecular weight excluding hydrogens is 246 g/mol. The molecule has 0 spiro atoms. The summed E-state index contributed by atoms with van der Waals surface area (Å²) in [4.78, 5) is 11.0. The van der Waals surface area contributed by atoms with Crippen molar-refractivity contribution >= 4 is 5.97 Å². The number of methoxy groups -OCH3 is 1. The lowest BCUT2D eigenvalue weighted by molar-refractivity contribution is -0.148. The third-order valence-corrected chi connectivity index (χ3v) is 2.83. The summed E-state index contributed by atoms with van der Waals surface area (Å²) in [5.41, 5.74) is 5.60. The standard InChI is InChI=1S/C14H21NO4/c1-14(2,13(16)17)9-19-12-8-10(6-7-15)4-5-11(12)18-3/h4-5,8H,6-7,9,15H2,1-3H3,(H,16,17). The van der Waals surface area contributed by atoms with Crippen LogP contribution in [0, 0.1) is 5.41 Å². The van der Waals surface area contributed by atoms with Crippen molar-refractivity contribution in [3.8, 4) is 11.5 Å². The molecule has 0 unspecified atom stereocenters. The van der Waals surface area contributed by atoms with Crippen LogP contribution in [0.15, 0.2) is 18.2 Å². The van der Waals surface area contributed by atoms with Crippen LogP contribution in [0.1, 0.15) is 19.4 Å². The number of benzene rings is 1. The molecule has 19 heavy (non-hydrogen) atoms. The largest absolute Gasteiger partial charge is 0.493 e. The zero-order valence-electron chi connectivity index (χ0n) is 11.6. The lowest BCUT2D eigenvalue weighted by Crippen LogP contribution is -2.30. The Kier molecular flexibility index (Phi) is 5.18. The molecule has 5 nitrogen and oxygen atoms in total. The van der Waals surface area contributed by atoms with Crippen molar-refractivity contribution in [2.45, 2.75) is 20.3 Å². The minimum atomic E-state index is -0.950. The summed E-state index contributed by atoms with van der Waals surface area (Å²) in [6.07, 6.45) is 0.739. The SMILES string of the molecule is COc1ccc(CCN)cc1OCC(C)(C)C(=O)O. The van der Waals surface area contributed by atoms with Crippen molar-refractivity contribution < 1.29 is 19.4 Å². The van der Waals surface area contributed by atoms with E-state index >= 15 is 0 Å². The molecule has 1 aromatic carbocycles. The minimum absolute atomic E-state index is 0.0742. The predicted molar refractivity (Wildman–Crippen MR) is 72.7 cm³/mol. The Morgan fingerprint density at radius 1 is 1.37 bits per heavy atom. The van der Waals surface area contributed by atoms with Gasteiger partial charge in [0.1, 0.15) is 6.61 Å². The van der Waals surface area contributed by atoms with Gasteiger partial charge < -0.3 is 20.3 Å². The molecule has 106 valence electrons. The van der Waals surface area contributed by atoms with Gasteiger partial charge in [-0.05, 0) is 44.5 Å². The fourth-order valence-electron chi connectivity index (χ4n) is 1.48. The summed E-state index contributed by atoms with van der Waals surface area (Å²) < 4.78 is 10.8. The number of ether oxygens (including phenoxy) is 2. The van der Waals surface area contributed by atoms with Gasteiger partial charge in [-0.25, -0.2) is 0 Å².